The molecule has 0 aliphatic carbocycles. The summed E-state index contributed by atoms with van der Waals surface area (Å²) in [6, 6.07) is 3.69. The molecule has 0 unspecified atom stereocenters. The minimum Gasteiger partial charge on any atom is -0.442 e. The molecule has 0 aromatic carbocycles. The van der Waals surface area contributed by atoms with Crippen LogP contribution in [0.25, 0.3) is 0 Å². The zero-order valence-corrected chi connectivity index (χ0v) is 11.2. The van der Waals surface area contributed by atoms with E-state index in [9.17, 15) is 4.79 Å². The highest BCUT2D eigenvalue weighted by Gasteiger charge is 2.18. The fraction of sp³-hybridized carbons (Fsp3) is 0.385. The van der Waals surface area contributed by atoms with Crippen molar-refractivity contribution in [1.29, 1.82) is 0 Å². The highest BCUT2D eigenvalue weighted by atomic mass is 16.6. The predicted octanol–water partition coefficient (Wildman–Crippen LogP) is 2.05. The molecule has 2 aromatic heterocycles. The van der Waals surface area contributed by atoms with Gasteiger partial charge in [-0.15, -0.1) is 0 Å². The third kappa shape index (κ3) is 3.87. The average Bonchev–Trinajstić information content (AvgIpc) is 2.77. The summed E-state index contributed by atoms with van der Waals surface area (Å²) >= 11 is 0. The van der Waals surface area contributed by atoms with Crippen LogP contribution in [0.2, 0.25) is 0 Å². The number of aromatic nitrogens is 4. The molecule has 0 saturated heterocycles. The van der Waals surface area contributed by atoms with Crippen molar-refractivity contribution in [3.8, 4) is 0 Å². The Morgan fingerprint density at radius 2 is 2.21 bits per heavy atom. The van der Waals surface area contributed by atoms with Crippen LogP contribution in [0, 0.1) is 0 Å². The molecule has 2 aromatic rings. The molecule has 100 valence electrons. The first kappa shape index (κ1) is 13.2. The van der Waals surface area contributed by atoms with Crippen molar-refractivity contribution in [3.63, 3.8) is 0 Å². The monoisotopic (exact) mass is 260 g/mol. The Balaban J connectivity index is 2.05. The molecular weight excluding hydrogens is 244 g/mol. The van der Waals surface area contributed by atoms with Crippen molar-refractivity contribution >= 4 is 6.09 Å². The first-order chi connectivity index (χ1) is 8.94. The second-order valence-corrected chi connectivity index (χ2v) is 5.17. The highest BCUT2D eigenvalue weighted by molar-refractivity contribution is 5.69. The Hall–Kier alpha value is -2.24. The molecule has 6 heteroatoms. The molecule has 0 bridgehead atoms. The van der Waals surface area contributed by atoms with Crippen molar-refractivity contribution in [2.75, 3.05) is 0 Å². The van der Waals surface area contributed by atoms with Crippen molar-refractivity contribution in [2.24, 2.45) is 0 Å². The Morgan fingerprint density at radius 1 is 1.42 bits per heavy atom. The number of rotatable bonds is 2. The first-order valence-electron chi connectivity index (χ1n) is 5.97. The van der Waals surface area contributed by atoms with Crippen LogP contribution >= 0.6 is 0 Å². The lowest BCUT2D eigenvalue weighted by atomic mass is 10.2. The van der Waals surface area contributed by atoms with Crippen LogP contribution in [0.15, 0.2) is 30.7 Å². The van der Waals surface area contributed by atoms with Gasteiger partial charge in [-0.2, -0.15) is 20.0 Å². The molecule has 0 spiro atoms. The smallest absolute Gasteiger partial charge is 0.435 e. The molecule has 0 aliphatic rings. The summed E-state index contributed by atoms with van der Waals surface area (Å²) in [5.41, 5.74) is 1.17. The van der Waals surface area contributed by atoms with Crippen LogP contribution in [0.4, 0.5) is 4.79 Å². The van der Waals surface area contributed by atoms with Crippen LogP contribution in [0.3, 0.4) is 0 Å². The summed E-state index contributed by atoms with van der Waals surface area (Å²) in [5, 5.41) is 11.8. The summed E-state index contributed by atoms with van der Waals surface area (Å²) in [5.74, 6) is 0. The number of hydrogen-bond donors (Lipinski definition) is 0. The summed E-state index contributed by atoms with van der Waals surface area (Å²) in [6.45, 7) is 5.44. The lowest BCUT2D eigenvalue weighted by Gasteiger charge is -2.18. The molecule has 0 aliphatic heterocycles. The molecule has 0 fully saturated rings. The lowest BCUT2D eigenvalue weighted by molar-refractivity contribution is 0.0514. The molecule has 0 saturated carbocycles. The maximum Gasteiger partial charge on any atom is 0.435 e. The van der Waals surface area contributed by atoms with E-state index in [2.05, 4.69) is 15.3 Å². The second-order valence-electron chi connectivity index (χ2n) is 5.17. The summed E-state index contributed by atoms with van der Waals surface area (Å²) in [7, 11) is 0. The van der Waals surface area contributed by atoms with Crippen molar-refractivity contribution in [2.45, 2.75) is 32.8 Å². The topological polar surface area (TPSA) is 69.9 Å². The molecule has 0 N–H and O–H groups in total. The van der Waals surface area contributed by atoms with E-state index in [1.807, 2.05) is 32.9 Å². The van der Waals surface area contributed by atoms with Gasteiger partial charge in [-0.3, -0.25) is 0 Å². The molecule has 19 heavy (non-hydrogen) atoms. The average molecular weight is 260 g/mol. The number of carbonyl (C=O) groups excluding carboxylic acids is 1. The minimum atomic E-state index is -0.534. The fourth-order valence-corrected chi connectivity index (χ4v) is 1.50. The van der Waals surface area contributed by atoms with E-state index in [0.717, 1.165) is 11.3 Å². The Bertz CT molecular complexity index is 558. The predicted molar refractivity (Wildman–Crippen MR) is 68.7 cm³/mol. The third-order valence-electron chi connectivity index (χ3n) is 2.23. The fourth-order valence-electron chi connectivity index (χ4n) is 1.50. The number of ether oxygens (including phenoxy) is 1. The Morgan fingerprint density at radius 3 is 2.84 bits per heavy atom. The maximum absolute atomic E-state index is 11.8. The Labute approximate surface area is 111 Å². The summed E-state index contributed by atoms with van der Waals surface area (Å²) in [6.07, 6.45) is 4.98. The van der Waals surface area contributed by atoms with Gasteiger partial charge in [0, 0.05) is 18.8 Å². The van der Waals surface area contributed by atoms with Gasteiger partial charge in [-0.25, -0.2) is 4.79 Å². The van der Waals surface area contributed by atoms with Crippen LogP contribution in [0.1, 0.15) is 32.0 Å². The highest BCUT2D eigenvalue weighted by Crippen LogP contribution is 2.10. The van der Waals surface area contributed by atoms with Crippen LogP contribution in [-0.4, -0.2) is 31.7 Å². The van der Waals surface area contributed by atoms with E-state index >= 15 is 0 Å². The van der Waals surface area contributed by atoms with Gasteiger partial charge >= 0.3 is 6.09 Å². The van der Waals surface area contributed by atoms with Gasteiger partial charge in [0.2, 0.25) is 0 Å². The normalized spacial score (nSPS) is 11.3. The quantitative estimate of drug-likeness (QED) is 0.826. The number of hydrogen-bond acceptors (Lipinski definition) is 5. The number of nitrogens with zero attached hydrogens (tertiary/aromatic N) is 4. The van der Waals surface area contributed by atoms with Gasteiger partial charge in [-0.05, 0) is 38.5 Å². The number of carbonyl (C=O) groups is 1. The first-order valence-corrected chi connectivity index (χ1v) is 5.97. The molecule has 0 atom stereocenters. The van der Waals surface area contributed by atoms with Crippen molar-refractivity contribution in [1.82, 2.24) is 20.0 Å². The molecular formula is C13H16N4O2. The van der Waals surface area contributed by atoms with Crippen LogP contribution in [-0.2, 0) is 11.2 Å². The van der Waals surface area contributed by atoms with E-state index in [1.54, 1.807) is 18.6 Å². The van der Waals surface area contributed by atoms with Gasteiger partial charge in [0.25, 0.3) is 0 Å². The van der Waals surface area contributed by atoms with Gasteiger partial charge in [-0.1, -0.05) is 0 Å². The van der Waals surface area contributed by atoms with E-state index in [0.29, 0.717) is 6.42 Å². The lowest BCUT2D eigenvalue weighted by Crippen LogP contribution is -2.27. The van der Waals surface area contributed by atoms with Gasteiger partial charge in [0.15, 0.2) is 0 Å². The zero-order chi connectivity index (χ0) is 13.9. The van der Waals surface area contributed by atoms with E-state index in [1.165, 1.54) is 4.68 Å². The molecule has 0 radical (unpaired) electrons. The van der Waals surface area contributed by atoms with Crippen LogP contribution in [0.5, 0.6) is 0 Å². The van der Waals surface area contributed by atoms with Crippen molar-refractivity contribution < 1.29 is 9.53 Å². The zero-order valence-electron chi connectivity index (χ0n) is 11.2. The van der Waals surface area contributed by atoms with Crippen LogP contribution < -0.4 is 0 Å². The van der Waals surface area contributed by atoms with Gasteiger partial charge < -0.3 is 4.74 Å². The van der Waals surface area contributed by atoms with Crippen molar-refractivity contribution in [3.05, 3.63) is 42.0 Å². The van der Waals surface area contributed by atoms with Gasteiger partial charge in [0.05, 0.1) is 11.9 Å². The molecule has 2 heterocycles. The standard InChI is InChI=1S/C13H16N4O2/c1-13(2,3)19-12(18)17-9-10(8-15-17)7-11-5-4-6-14-16-11/h4-6,8-9H,7H2,1-3H3. The Kier molecular flexibility index (Phi) is 3.59. The molecule has 2 rings (SSSR count). The SMILES string of the molecule is CC(C)(C)OC(=O)n1cc(Cc2cccnn2)cn1. The summed E-state index contributed by atoms with van der Waals surface area (Å²) in [4.78, 5) is 11.8. The second kappa shape index (κ2) is 5.17. The maximum atomic E-state index is 11.8. The van der Waals surface area contributed by atoms with Gasteiger partial charge in [0.1, 0.15) is 5.60 Å². The molecule has 6 nitrogen and oxygen atoms in total. The molecule has 0 amide bonds. The summed E-state index contributed by atoms with van der Waals surface area (Å²) < 4.78 is 6.41. The third-order valence-corrected chi connectivity index (χ3v) is 2.23. The largest absolute Gasteiger partial charge is 0.442 e. The van der Waals surface area contributed by atoms with E-state index < -0.39 is 11.7 Å². The van der Waals surface area contributed by atoms with E-state index in [4.69, 9.17) is 4.74 Å². The minimum absolute atomic E-state index is 0.488. The van der Waals surface area contributed by atoms with E-state index in [-0.39, 0.29) is 0 Å².